The molecule has 1 N–H and O–H groups in total. The van der Waals surface area contributed by atoms with Crippen LogP contribution >= 0.6 is 34.7 Å². The fraction of sp³-hybridized carbons (Fsp3) is 0.455. The Bertz CT molecular complexity index is 422. The lowest BCUT2D eigenvalue weighted by Crippen LogP contribution is -2.27. The number of thioether (sulfide) groups is 1. The van der Waals surface area contributed by atoms with E-state index in [1.807, 2.05) is 12.1 Å². The van der Waals surface area contributed by atoms with Crippen LogP contribution in [-0.2, 0) is 16.1 Å². The lowest BCUT2D eigenvalue weighted by atomic mass is 10.4. The number of carbonyl (C=O) groups excluding carboxylic acids is 1. The Balaban J connectivity index is 2.26. The fourth-order valence-corrected chi connectivity index (χ4v) is 3.19. The number of amides is 1. The van der Waals surface area contributed by atoms with Crippen molar-refractivity contribution >= 4 is 46.6 Å². The number of aliphatic carboxylic acids is 1. The maximum Gasteiger partial charge on any atom is 0.304 e. The van der Waals surface area contributed by atoms with Crippen molar-refractivity contribution in [1.29, 1.82) is 0 Å². The molecule has 1 heterocycles. The van der Waals surface area contributed by atoms with Crippen LogP contribution in [0.5, 0.6) is 0 Å². The van der Waals surface area contributed by atoms with Gasteiger partial charge in [-0.1, -0.05) is 11.6 Å². The molecule has 0 aromatic carbocycles. The average molecular weight is 308 g/mol. The van der Waals surface area contributed by atoms with Gasteiger partial charge in [0.15, 0.2) is 0 Å². The summed E-state index contributed by atoms with van der Waals surface area (Å²) in [6, 6.07) is 3.70. The predicted octanol–water partition coefficient (Wildman–Crippen LogP) is 2.57. The van der Waals surface area contributed by atoms with Gasteiger partial charge in [-0.25, -0.2) is 0 Å². The van der Waals surface area contributed by atoms with E-state index in [1.165, 1.54) is 23.1 Å². The second-order valence-electron chi connectivity index (χ2n) is 3.65. The standard InChI is InChI=1S/C11H14ClNO3S2/c1-13(6-8-2-3-9(12)18-8)10(14)7-17-5-4-11(15)16/h2-3H,4-7H2,1H3,(H,15,16). The molecule has 1 aromatic rings. The van der Waals surface area contributed by atoms with Gasteiger partial charge < -0.3 is 10.0 Å². The van der Waals surface area contributed by atoms with Crippen molar-refractivity contribution < 1.29 is 14.7 Å². The van der Waals surface area contributed by atoms with Crippen LogP contribution in [0, 0.1) is 0 Å². The number of carboxylic acid groups (broad SMARTS) is 1. The van der Waals surface area contributed by atoms with E-state index in [9.17, 15) is 9.59 Å². The third-order valence-electron chi connectivity index (χ3n) is 2.13. The van der Waals surface area contributed by atoms with Crippen molar-refractivity contribution in [1.82, 2.24) is 4.90 Å². The molecular weight excluding hydrogens is 294 g/mol. The van der Waals surface area contributed by atoms with Gasteiger partial charge in [0.05, 0.1) is 23.1 Å². The van der Waals surface area contributed by atoms with Gasteiger partial charge in [-0.2, -0.15) is 11.8 Å². The number of nitrogens with zero attached hydrogens (tertiary/aromatic N) is 1. The van der Waals surface area contributed by atoms with Gasteiger partial charge in [0, 0.05) is 17.7 Å². The number of hydrogen-bond acceptors (Lipinski definition) is 4. The SMILES string of the molecule is CN(Cc1ccc(Cl)s1)C(=O)CSCCC(=O)O. The summed E-state index contributed by atoms with van der Waals surface area (Å²) in [6.45, 7) is 0.537. The molecule has 100 valence electrons. The Labute approximate surface area is 119 Å². The first kappa shape index (κ1) is 15.3. The Kier molecular flexibility index (Phi) is 6.52. The minimum atomic E-state index is -0.837. The van der Waals surface area contributed by atoms with E-state index in [0.29, 0.717) is 22.4 Å². The highest BCUT2D eigenvalue weighted by atomic mass is 35.5. The fourth-order valence-electron chi connectivity index (χ4n) is 1.19. The van der Waals surface area contributed by atoms with E-state index >= 15 is 0 Å². The summed E-state index contributed by atoms with van der Waals surface area (Å²) in [5, 5.41) is 8.47. The van der Waals surface area contributed by atoms with Gasteiger partial charge in [0.25, 0.3) is 0 Å². The molecule has 4 nitrogen and oxygen atoms in total. The van der Waals surface area contributed by atoms with Crippen LogP contribution in [0.15, 0.2) is 12.1 Å². The van der Waals surface area contributed by atoms with Crippen molar-refractivity contribution in [3.05, 3.63) is 21.3 Å². The van der Waals surface area contributed by atoms with E-state index in [1.54, 1.807) is 11.9 Å². The number of carbonyl (C=O) groups is 2. The molecule has 0 bridgehead atoms. The first-order chi connectivity index (χ1) is 8.49. The summed E-state index contributed by atoms with van der Waals surface area (Å²) >= 11 is 8.60. The molecule has 0 aliphatic carbocycles. The van der Waals surface area contributed by atoms with E-state index in [2.05, 4.69) is 0 Å². The second-order valence-corrected chi connectivity index (χ2v) is 6.56. The van der Waals surface area contributed by atoms with Crippen molar-refractivity contribution in [2.45, 2.75) is 13.0 Å². The molecule has 0 aliphatic rings. The van der Waals surface area contributed by atoms with Crippen LogP contribution < -0.4 is 0 Å². The van der Waals surface area contributed by atoms with Crippen LogP contribution in [-0.4, -0.2) is 40.4 Å². The molecule has 18 heavy (non-hydrogen) atoms. The van der Waals surface area contributed by atoms with Gasteiger partial charge in [-0.3, -0.25) is 9.59 Å². The van der Waals surface area contributed by atoms with E-state index in [0.717, 1.165) is 4.88 Å². The lowest BCUT2D eigenvalue weighted by Gasteiger charge is -2.15. The molecule has 0 radical (unpaired) electrons. The first-order valence-corrected chi connectivity index (χ1v) is 7.61. The van der Waals surface area contributed by atoms with E-state index in [4.69, 9.17) is 16.7 Å². The van der Waals surface area contributed by atoms with Crippen LogP contribution in [0.4, 0.5) is 0 Å². The van der Waals surface area contributed by atoms with Gasteiger partial charge in [-0.05, 0) is 12.1 Å². The molecule has 0 fully saturated rings. The van der Waals surface area contributed by atoms with Crippen LogP contribution in [0.1, 0.15) is 11.3 Å². The molecular formula is C11H14ClNO3S2. The van der Waals surface area contributed by atoms with Crippen molar-refractivity contribution in [2.75, 3.05) is 18.6 Å². The van der Waals surface area contributed by atoms with Crippen molar-refractivity contribution in [3.63, 3.8) is 0 Å². The largest absolute Gasteiger partial charge is 0.481 e. The maximum absolute atomic E-state index is 11.7. The normalized spacial score (nSPS) is 10.3. The van der Waals surface area contributed by atoms with Crippen molar-refractivity contribution in [2.24, 2.45) is 0 Å². The second kappa shape index (κ2) is 7.66. The minimum Gasteiger partial charge on any atom is -0.481 e. The highest BCUT2D eigenvalue weighted by Gasteiger charge is 2.10. The minimum absolute atomic E-state index is 0.00471. The molecule has 0 saturated carbocycles. The van der Waals surface area contributed by atoms with Gasteiger partial charge >= 0.3 is 5.97 Å². The Hall–Kier alpha value is -0.720. The quantitative estimate of drug-likeness (QED) is 0.787. The third kappa shape index (κ3) is 5.75. The summed E-state index contributed by atoms with van der Waals surface area (Å²) in [4.78, 5) is 24.7. The molecule has 0 aliphatic heterocycles. The maximum atomic E-state index is 11.7. The zero-order valence-electron chi connectivity index (χ0n) is 9.89. The molecule has 7 heteroatoms. The molecule has 0 atom stereocenters. The van der Waals surface area contributed by atoms with Gasteiger partial charge in [-0.15, -0.1) is 11.3 Å². The van der Waals surface area contributed by atoms with Crippen LogP contribution in [0.25, 0.3) is 0 Å². The zero-order chi connectivity index (χ0) is 13.5. The molecule has 1 rings (SSSR count). The number of thiophene rings is 1. The van der Waals surface area contributed by atoms with Crippen LogP contribution in [0.3, 0.4) is 0 Å². The van der Waals surface area contributed by atoms with E-state index in [-0.39, 0.29) is 12.3 Å². The molecule has 0 saturated heterocycles. The third-order valence-corrected chi connectivity index (χ3v) is 4.29. The topological polar surface area (TPSA) is 57.6 Å². The highest BCUT2D eigenvalue weighted by Crippen LogP contribution is 2.22. The Morgan fingerprint density at radius 3 is 2.78 bits per heavy atom. The van der Waals surface area contributed by atoms with E-state index < -0.39 is 5.97 Å². The van der Waals surface area contributed by atoms with Gasteiger partial charge in [0.1, 0.15) is 0 Å². The van der Waals surface area contributed by atoms with Crippen molar-refractivity contribution in [3.8, 4) is 0 Å². The molecule has 0 unspecified atom stereocenters. The highest BCUT2D eigenvalue weighted by molar-refractivity contribution is 7.99. The first-order valence-electron chi connectivity index (χ1n) is 5.26. The number of carboxylic acids is 1. The number of halogens is 1. The van der Waals surface area contributed by atoms with Gasteiger partial charge in [0.2, 0.25) is 5.91 Å². The monoisotopic (exact) mass is 307 g/mol. The average Bonchev–Trinajstić information content (AvgIpc) is 2.69. The summed E-state index contributed by atoms with van der Waals surface area (Å²) in [7, 11) is 1.73. The molecule has 1 aromatic heterocycles. The smallest absolute Gasteiger partial charge is 0.304 e. The molecule has 0 spiro atoms. The zero-order valence-corrected chi connectivity index (χ0v) is 12.3. The number of hydrogen-bond donors (Lipinski definition) is 1. The summed E-state index contributed by atoms with van der Waals surface area (Å²) < 4.78 is 0.710. The Morgan fingerprint density at radius 1 is 1.50 bits per heavy atom. The van der Waals surface area contributed by atoms with Crippen LogP contribution in [0.2, 0.25) is 4.34 Å². The summed E-state index contributed by atoms with van der Waals surface area (Å²) in [6.07, 6.45) is 0.0855. The lowest BCUT2D eigenvalue weighted by molar-refractivity contribution is -0.136. The Morgan fingerprint density at radius 2 is 2.22 bits per heavy atom. The summed E-state index contributed by atoms with van der Waals surface area (Å²) in [5.74, 6) is -0.0748. The molecule has 1 amide bonds. The summed E-state index contributed by atoms with van der Waals surface area (Å²) in [5.41, 5.74) is 0. The predicted molar refractivity (Wildman–Crippen MR) is 75.4 cm³/mol. The number of rotatable bonds is 7.